The molecule has 0 atom stereocenters. The summed E-state index contributed by atoms with van der Waals surface area (Å²) in [4.78, 5) is 12.6. The Kier molecular flexibility index (Phi) is 6.87. The number of benzene rings is 2. The van der Waals surface area contributed by atoms with Crippen LogP contribution >= 0.6 is 0 Å². The van der Waals surface area contributed by atoms with Gasteiger partial charge in [-0.25, -0.2) is 8.42 Å². The molecule has 1 fully saturated rings. The molecule has 0 radical (unpaired) electrons. The summed E-state index contributed by atoms with van der Waals surface area (Å²) in [5, 5.41) is 3.07. The summed E-state index contributed by atoms with van der Waals surface area (Å²) in [7, 11) is -3.64. The zero-order chi connectivity index (χ0) is 20.9. The van der Waals surface area contributed by atoms with Gasteiger partial charge in [-0.05, 0) is 49.6 Å². The maximum Gasteiger partial charge on any atom is 0.251 e. The van der Waals surface area contributed by atoms with Crippen LogP contribution in [0, 0.1) is 6.92 Å². The number of rotatable bonds is 8. The molecule has 0 bridgehead atoms. The number of hydrogen-bond donors (Lipinski definition) is 1. The first-order chi connectivity index (χ1) is 13.9. The highest BCUT2D eigenvalue weighted by Crippen LogP contribution is 2.20. The number of hydrogen-bond acceptors (Lipinski definition) is 3. The van der Waals surface area contributed by atoms with E-state index in [1.54, 1.807) is 42.5 Å². The fourth-order valence-corrected chi connectivity index (χ4v) is 4.95. The van der Waals surface area contributed by atoms with Crippen molar-refractivity contribution in [1.29, 1.82) is 0 Å². The molecule has 2 aromatic rings. The van der Waals surface area contributed by atoms with Crippen molar-refractivity contribution in [3.05, 3.63) is 77.9 Å². The highest BCUT2D eigenvalue weighted by molar-refractivity contribution is 7.89. The molecule has 1 saturated carbocycles. The summed E-state index contributed by atoms with van der Waals surface area (Å²) in [5.74, 6) is -0.0707. The van der Waals surface area contributed by atoms with Gasteiger partial charge in [-0.3, -0.25) is 4.79 Å². The van der Waals surface area contributed by atoms with Crippen LogP contribution in [-0.4, -0.2) is 31.2 Å². The second kappa shape index (κ2) is 9.37. The molecule has 0 saturated heterocycles. The van der Waals surface area contributed by atoms with Gasteiger partial charge in [-0.15, -0.1) is 6.58 Å². The first-order valence-electron chi connectivity index (χ1n) is 9.97. The molecule has 1 amide bonds. The Morgan fingerprint density at radius 3 is 2.31 bits per heavy atom. The van der Waals surface area contributed by atoms with Crippen molar-refractivity contribution >= 4 is 15.9 Å². The number of sulfonamides is 1. The second-order valence-electron chi connectivity index (χ2n) is 7.55. The van der Waals surface area contributed by atoms with Crippen LogP contribution in [0.25, 0.3) is 0 Å². The summed E-state index contributed by atoms with van der Waals surface area (Å²) < 4.78 is 27.4. The molecule has 6 heteroatoms. The molecule has 0 unspecified atom stereocenters. The number of carbonyl (C=O) groups is 1. The Labute approximate surface area is 173 Å². The zero-order valence-electron chi connectivity index (χ0n) is 16.8. The van der Waals surface area contributed by atoms with Crippen LogP contribution in [0.1, 0.15) is 47.2 Å². The molecule has 1 N–H and O–H groups in total. The average Bonchev–Trinajstić information content (AvgIpc) is 3.21. The predicted molar refractivity (Wildman–Crippen MR) is 115 cm³/mol. The van der Waals surface area contributed by atoms with Gasteiger partial charge in [0, 0.05) is 24.7 Å². The van der Waals surface area contributed by atoms with Crippen LogP contribution in [-0.2, 0) is 16.6 Å². The van der Waals surface area contributed by atoms with Gasteiger partial charge in [0.15, 0.2) is 0 Å². The lowest BCUT2D eigenvalue weighted by atomic mass is 10.1. The standard InChI is InChI=1S/C23H28N2O3S/c1-3-16-25(29(27,28)22-14-8-18(2)9-15-22)17-19-10-12-20(13-11-19)23(26)24-21-6-4-5-7-21/h3,8-15,21H,1,4-7,16-17H2,2H3,(H,24,26). The number of nitrogens with zero attached hydrogens (tertiary/aromatic N) is 1. The lowest BCUT2D eigenvalue weighted by Crippen LogP contribution is -2.32. The maximum atomic E-state index is 13.0. The number of aryl methyl sites for hydroxylation is 1. The van der Waals surface area contributed by atoms with E-state index in [2.05, 4.69) is 11.9 Å². The molecule has 1 aliphatic carbocycles. The van der Waals surface area contributed by atoms with E-state index in [0.717, 1.165) is 24.0 Å². The second-order valence-corrected chi connectivity index (χ2v) is 9.49. The maximum absolute atomic E-state index is 13.0. The fourth-order valence-electron chi connectivity index (χ4n) is 3.55. The first kappa shape index (κ1) is 21.3. The van der Waals surface area contributed by atoms with Gasteiger partial charge in [0.1, 0.15) is 0 Å². The Morgan fingerprint density at radius 1 is 1.10 bits per heavy atom. The van der Waals surface area contributed by atoms with E-state index in [0.29, 0.717) is 5.56 Å². The molecule has 5 nitrogen and oxygen atoms in total. The Morgan fingerprint density at radius 2 is 1.72 bits per heavy atom. The molecule has 29 heavy (non-hydrogen) atoms. The Hall–Kier alpha value is -2.44. The lowest BCUT2D eigenvalue weighted by molar-refractivity contribution is 0.0938. The van der Waals surface area contributed by atoms with E-state index in [1.165, 1.54) is 17.1 Å². The smallest absolute Gasteiger partial charge is 0.251 e. The molecular weight excluding hydrogens is 384 g/mol. The van der Waals surface area contributed by atoms with E-state index >= 15 is 0 Å². The minimum Gasteiger partial charge on any atom is -0.349 e. The van der Waals surface area contributed by atoms with Gasteiger partial charge in [0.05, 0.1) is 4.90 Å². The minimum atomic E-state index is -3.64. The van der Waals surface area contributed by atoms with Crippen molar-refractivity contribution in [3.8, 4) is 0 Å². The summed E-state index contributed by atoms with van der Waals surface area (Å²) >= 11 is 0. The fraction of sp³-hybridized carbons (Fsp3) is 0.348. The van der Waals surface area contributed by atoms with Crippen LogP contribution in [0.5, 0.6) is 0 Å². The van der Waals surface area contributed by atoms with Crippen LogP contribution in [0.4, 0.5) is 0 Å². The lowest BCUT2D eigenvalue weighted by Gasteiger charge is -2.21. The van der Waals surface area contributed by atoms with E-state index < -0.39 is 10.0 Å². The highest BCUT2D eigenvalue weighted by Gasteiger charge is 2.24. The van der Waals surface area contributed by atoms with Crippen molar-refractivity contribution in [2.45, 2.75) is 50.1 Å². The van der Waals surface area contributed by atoms with E-state index in [9.17, 15) is 13.2 Å². The average molecular weight is 413 g/mol. The van der Waals surface area contributed by atoms with E-state index in [4.69, 9.17) is 0 Å². The third-order valence-electron chi connectivity index (χ3n) is 5.26. The van der Waals surface area contributed by atoms with Crippen molar-refractivity contribution in [2.24, 2.45) is 0 Å². The molecule has 0 spiro atoms. The quantitative estimate of drug-likeness (QED) is 0.666. The van der Waals surface area contributed by atoms with Crippen LogP contribution < -0.4 is 5.32 Å². The SMILES string of the molecule is C=CCN(Cc1ccc(C(=O)NC2CCCC2)cc1)S(=O)(=O)c1ccc(C)cc1. The van der Waals surface area contributed by atoms with Gasteiger partial charge < -0.3 is 5.32 Å². The van der Waals surface area contributed by atoms with Crippen molar-refractivity contribution in [2.75, 3.05) is 6.54 Å². The van der Waals surface area contributed by atoms with Crippen LogP contribution in [0.15, 0.2) is 66.1 Å². The number of carbonyl (C=O) groups excluding carboxylic acids is 1. The molecule has 0 heterocycles. The van der Waals surface area contributed by atoms with Crippen molar-refractivity contribution in [3.63, 3.8) is 0 Å². The van der Waals surface area contributed by atoms with Gasteiger partial charge in [0.2, 0.25) is 10.0 Å². The van der Waals surface area contributed by atoms with Gasteiger partial charge in [0.25, 0.3) is 5.91 Å². The molecular formula is C23H28N2O3S. The van der Waals surface area contributed by atoms with Crippen LogP contribution in [0.2, 0.25) is 0 Å². The normalized spacial score (nSPS) is 14.8. The largest absolute Gasteiger partial charge is 0.349 e. The Bertz CT molecular complexity index is 945. The molecule has 3 rings (SSSR count). The summed E-state index contributed by atoms with van der Waals surface area (Å²) in [6.45, 7) is 6.03. The Balaban J connectivity index is 1.72. The summed E-state index contributed by atoms with van der Waals surface area (Å²) in [6, 6.07) is 14.2. The van der Waals surface area contributed by atoms with Gasteiger partial charge in [-0.1, -0.05) is 48.7 Å². The highest BCUT2D eigenvalue weighted by atomic mass is 32.2. The first-order valence-corrected chi connectivity index (χ1v) is 11.4. The summed E-state index contributed by atoms with van der Waals surface area (Å²) in [5.41, 5.74) is 2.42. The topological polar surface area (TPSA) is 66.5 Å². The third-order valence-corrected chi connectivity index (χ3v) is 7.08. The van der Waals surface area contributed by atoms with Gasteiger partial charge >= 0.3 is 0 Å². The number of nitrogens with one attached hydrogen (secondary N) is 1. The van der Waals surface area contributed by atoms with E-state index in [-0.39, 0.29) is 29.9 Å². The van der Waals surface area contributed by atoms with Gasteiger partial charge in [-0.2, -0.15) is 4.31 Å². The van der Waals surface area contributed by atoms with Crippen LogP contribution in [0.3, 0.4) is 0 Å². The molecule has 0 aromatic heterocycles. The molecule has 154 valence electrons. The predicted octanol–water partition coefficient (Wildman–Crippen LogP) is 4.04. The van der Waals surface area contributed by atoms with E-state index in [1.807, 2.05) is 19.1 Å². The zero-order valence-corrected chi connectivity index (χ0v) is 17.6. The third kappa shape index (κ3) is 5.34. The van der Waals surface area contributed by atoms with Crippen molar-refractivity contribution in [1.82, 2.24) is 9.62 Å². The molecule has 0 aliphatic heterocycles. The minimum absolute atomic E-state index is 0.0707. The number of amides is 1. The van der Waals surface area contributed by atoms with Crippen molar-refractivity contribution < 1.29 is 13.2 Å². The molecule has 2 aromatic carbocycles. The molecule has 1 aliphatic rings. The summed E-state index contributed by atoms with van der Waals surface area (Å²) in [6.07, 6.45) is 5.99. The monoisotopic (exact) mass is 412 g/mol.